The summed E-state index contributed by atoms with van der Waals surface area (Å²) in [7, 11) is 8.00. The number of carbonyl (C=O) groups excluding carboxylic acids is 1. The van der Waals surface area contributed by atoms with Gasteiger partial charge in [0.15, 0.2) is 17.3 Å². The van der Waals surface area contributed by atoms with E-state index in [1.54, 1.807) is 12.2 Å². The first-order valence-corrected chi connectivity index (χ1v) is 6.65. The molecule has 2 aliphatic rings. The van der Waals surface area contributed by atoms with E-state index in [9.17, 15) is 4.79 Å². The van der Waals surface area contributed by atoms with E-state index in [-0.39, 0.29) is 12.6 Å². The molecule has 21 heavy (non-hydrogen) atoms. The lowest BCUT2D eigenvalue weighted by atomic mass is 9.98. The van der Waals surface area contributed by atoms with E-state index in [1.165, 1.54) is 0 Å². The number of fused-ring (bicyclic) bond motifs is 1. The van der Waals surface area contributed by atoms with Crippen molar-refractivity contribution in [1.29, 1.82) is 0 Å². The Morgan fingerprint density at radius 1 is 1.00 bits per heavy atom. The van der Waals surface area contributed by atoms with Crippen LogP contribution in [0.4, 0.5) is 0 Å². The molecule has 0 unspecified atom stereocenters. The van der Waals surface area contributed by atoms with Crippen LogP contribution in [0.1, 0.15) is 5.56 Å². The van der Waals surface area contributed by atoms with Gasteiger partial charge >= 0.3 is 0 Å². The molecule has 1 aliphatic carbocycles. The molecule has 5 heteroatoms. The number of ether oxygens (including phenoxy) is 2. The van der Waals surface area contributed by atoms with E-state index in [4.69, 9.17) is 9.47 Å². The van der Waals surface area contributed by atoms with Crippen LogP contribution in [-0.4, -0.2) is 50.8 Å². The van der Waals surface area contributed by atoms with Crippen LogP contribution >= 0.6 is 0 Å². The Balaban J connectivity index is 0.000000232. The average molecular weight is 288 g/mol. The van der Waals surface area contributed by atoms with E-state index in [0.717, 1.165) is 22.6 Å². The zero-order chi connectivity index (χ0) is 15.4. The molecule has 0 saturated heterocycles. The summed E-state index contributed by atoms with van der Waals surface area (Å²) in [6.07, 6.45) is 5.19. The summed E-state index contributed by atoms with van der Waals surface area (Å²) in [5.41, 5.74) is 1.68. The molecular weight excluding hydrogens is 268 g/mol. The summed E-state index contributed by atoms with van der Waals surface area (Å²) < 4.78 is 10.4. The summed E-state index contributed by atoms with van der Waals surface area (Å²) in [5, 5.41) is 4.00. The minimum atomic E-state index is 0.0765. The molecule has 0 spiro atoms. The highest BCUT2D eigenvalue weighted by atomic mass is 16.7. The molecular formula is C16H20N2O3. The number of hydrazine groups is 1. The van der Waals surface area contributed by atoms with Gasteiger partial charge in [-0.1, -0.05) is 6.07 Å². The fraction of sp³-hybridized carbons (Fsp3) is 0.312. The van der Waals surface area contributed by atoms with E-state index < -0.39 is 0 Å². The number of benzene rings is 1. The van der Waals surface area contributed by atoms with Crippen molar-refractivity contribution in [2.24, 2.45) is 0 Å². The van der Waals surface area contributed by atoms with Crippen molar-refractivity contribution in [2.75, 3.05) is 35.0 Å². The van der Waals surface area contributed by atoms with Crippen molar-refractivity contribution in [2.45, 2.75) is 0 Å². The highest BCUT2D eigenvalue weighted by molar-refractivity contribution is 6.16. The molecule has 1 aromatic rings. The second kappa shape index (κ2) is 6.56. The molecule has 0 aromatic heterocycles. The topological polar surface area (TPSA) is 42.0 Å². The molecule has 3 rings (SSSR count). The number of carbonyl (C=O) groups is 1. The first-order chi connectivity index (χ1) is 9.97. The van der Waals surface area contributed by atoms with Crippen LogP contribution in [-0.2, 0) is 4.79 Å². The number of hydrogen-bond donors (Lipinski definition) is 0. The summed E-state index contributed by atoms with van der Waals surface area (Å²) in [5.74, 6) is 1.57. The normalized spacial score (nSPS) is 17.0. The van der Waals surface area contributed by atoms with Crippen molar-refractivity contribution in [3.05, 3.63) is 41.5 Å². The molecule has 1 aliphatic heterocycles. The third kappa shape index (κ3) is 3.93. The largest absolute Gasteiger partial charge is 0.454 e. The average Bonchev–Trinajstić information content (AvgIpc) is 2.91. The molecule has 0 radical (unpaired) electrons. The van der Waals surface area contributed by atoms with Crippen LogP contribution in [0.2, 0.25) is 0 Å². The number of hydrogen-bond acceptors (Lipinski definition) is 5. The van der Waals surface area contributed by atoms with Crippen LogP contribution in [0.15, 0.2) is 35.9 Å². The fourth-order valence-corrected chi connectivity index (χ4v) is 1.55. The molecule has 0 amide bonds. The molecule has 0 N–H and O–H groups in total. The van der Waals surface area contributed by atoms with Crippen LogP contribution in [0, 0.1) is 0 Å². The second-order valence-electron chi connectivity index (χ2n) is 5.10. The number of ketones is 1. The minimum Gasteiger partial charge on any atom is -0.454 e. The predicted octanol–water partition coefficient (Wildman–Crippen LogP) is 1.96. The van der Waals surface area contributed by atoms with Gasteiger partial charge in [0, 0.05) is 33.8 Å². The monoisotopic (exact) mass is 288 g/mol. The van der Waals surface area contributed by atoms with Gasteiger partial charge in [-0.15, -0.1) is 0 Å². The molecule has 1 aromatic carbocycles. The zero-order valence-corrected chi connectivity index (χ0v) is 12.8. The molecule has 0 saturated carbocycles. The SMILES string of the molecule is CN(C)N(C)C.O=C1C=CC1=Cc1ccc2c(c1)OCO2. The Kier molecular flexibility index (Phi) is 4.77. The standard InChI is InChI=1S/C12H8O3.C4H12N2/c13-10-3-2-9(10)5-8-1-4-11-12(6-8)15-7-14-11;1-5(2)6(3)4/h1-6H,7H2;1-4H3. The molecule has 0 bridgehead atoms. The number of allylic oxidation sites excluding steroid dienone is 3. The zero-order valence-electron chi connectivity index (χ0n) is 12.8. The van der Waals surface area contributed by atoms with E-state index in [1.807, 2.05) is 62.5 Å². The highest BCUT2D eigenvalue weighted by Crippen LogP contribution is 2.33. The van der Waals surface area contributed by atoms with Gasteiger partial charge in [-0.2, -0.15) is 0 Å². The van der Waals surface area contributed by atoms with Crippen molar-refractivity contribution in [3.63, 3.8) is 0 Å². The predicted molar refractivity (Wildman–Crippen MR) is 82.1 cm³/mol. The lowest BCUT2D eigenvalue weighted by Crippen LogP contribution is -2.28. The van der Waals surface area contributed by atoms with Crippen molar-refractivity contribution in [1.82, 2.24) is 10.0 Å². The van der Waals surface area contributed by atoms with Crippen molar-refractivity contribution in [3.8, 4) is 11.5 Å². The first kappa shape index (κ1) is 15.3. The number of rotatable bonds is 2. The van der Waals surface area contributed by atoms with Gasteiger partial charge < -0.3 is 9.47 Å². The third-order valence-electron chi connectivity index (χ3n) is 3.22. The Bertz CT molecular complexity index is 583. The quantitative estimate of drug-likeness (QED) is 0.615. The van der Waals surface area contributed by atoms with Gasteiger partial charge in [0.25, 0.3) is 0 Å². The maximum atomic E-state index is 11.1. The highest BCUT2D eigenvalue weighted by Gasteiger charge is 2.14. The van der Waals surface area contributed by atoms with Gasteiger partial charge in [-0.05, 0) is 35.9 Å². The summed E-state index contributed by atoms with van der Waals surface area (Å²) in [6, 6.07) is 5.62. The Hall–Kier alpha value is -2.11. The van der Waals surface area contributed by atoms with Crippen molar-refractivity contribution < 1.29 is 14.3 Å². The lowest BCUT2D eigenvalue weighted by Gasteiger charge is -2.17. The maximum Gasteiger partial charge on any atom is 0.231 e. The van der Waals surface area contributed by atoms with E-state index in [2.05, 4.69) is 0 Å². The minimum absolute atomic E-state index is 0.0765. The van der Waals surface area contributed by atoms with Crippen LogP contribution < -0.4 is 9.47 Å². The van der Waals surface area contributed by atoms with E-state index in [0.29, 0.717) is 0 Å². The van der Waals surface area contributed by atoms with Gasteiger partial charge in [-0.3, -0.25) is 4.79 Å². The second-order valence-corrected chi connectivity index (χ2v) is 5.10. The van der Waals surface area contributed by atoms with E-state index >= 15 is 0 Å². The third-order valence-corrected chi connectivity index (χ3v) is 3.22. The lowest BCUT2D eigenvalue weighted by molar-refractivity contribution is -0.111. The van der Waals surface area contributed by atoms with Crippen molar-refractivity contribution >= 4 is 11.9 Å². The smallest absolute Gasteiger partial charge is 0.231 e. The van der Waals surface area contributed by atoms with Crippen LogP contribution in [0.5, 0.6) is 11.5 Å². The summed E-state index contributed by atoms with van der Waals surface area (Å²) in [6.45, 7) is 0.272. The summed E-state index contributed by atoms with van der Waals surface area (Å²) in [4.78, 5) is 11.1. The van der Waals surface area contributed by atoms with Gasteiger partial charge in [0.1, 0.15) is 0 Å². The Morgan fingerprint density at radius 2 is 1.67 bits per heavy atom. The molecule has 112 valence electrons. The van der Waals surface area contributed by atoms with Gasteiger partial charge in [0.05, 0.1) is 0 Å². The van der Waals surface area contributed by atoms with Gasteiger partial charge in [0.2, 0.25) is 6.79 Å². The number of nitrogens with zero attached hydrogens (tertiary/aromatic N) is 2. The summed E-state index contributed by atoms with van der Waals surface area (Å²) >= 11 is 0. The Morgan fingerprint density at radius 3 is 2.19 bits per heavy atom. The fourth-order valence-electron chi connectivity index (χ4n) is 1.55. The molecule has 1 heterocycles. The Labute approximate surface area is 125 Å². The van der Waals surface area contributed by atoms with Crippen LogP contribution in [0.25, 0.3) is 6.08 Å². The van der Waals surface area contributed by atoms with Gasteiger partial charge in [-0.25, -0.2) is 10.0 Å². The molecule has 0 atom stereocenters. The molecule has 5 nitrogen and oxygen atoms in total. The first-order valence-electron chi connectivity index (χ1n) is 6.65. The molecule has 0 fully saturated rings. The maximum absolute atomic E-state index is 11.1. The van der Waals surface area contributed by atoms with Crippen LogP contribution in [0.3, 0.4) is 0 Å².